The first-order chi connectivity index (χ1) is 9.16. The van der Waals surface area contributed by atoms with Crippen molar-refractivity contribution in [2.45, 2.75) is 19.3 Å². The molecule has 0 aliphatic carbocycles. The summed E-state index contributed by atoms with van der Waals surface area (Å²) in [7, 11) is 0. The average Bonchev–Trinajstić information content (AvgIpc) is 2.97. The van der Waals surface area contributed by atoms with Crippen molar-refractivity contribution >= 4 is 33.4 Å². The van der Waals surface area contributed by atoms with Gasteiger partial charge in [0.05, 0.1) is 0 Å². The van der Waals surface area contributed by atoms with Gasteiger partial charge in [0.1, 0.15) is 6.54 Å². The molecular weight excluding hydrogens is 308 g/mol. The van der Waals surface area contributed by atoms with E-state index >= 15 is 0 Å². The van der Waals surface area contributed by atoms with Crippen LogP contribution in [0.15, 0.2) is 22.7 Å². The molecule has 3 rings (SSSR count). The van der Waals surface area contributed by atoms with E-state index < -0.39 is 0 Å². The summed E-state index contributed by atoms with van der Waals surface area (Å²) in [6, 6.07) is 5.91. The van der Waals surface area contributed by atoms with Crippen molar-refractivity contribution in [3.05, 3.63) is 28.2 Å². The predicted molar refractivity (Wildman–Crippen MR) is 76.0 cm³/mol. The molecule has 0 bridgehead atoms. The number of rotatable bonds is 2. The van der Waals surface area contributed by atoms with Gasteiger partial charge in [0.25, 0.3) is 0 Å². The molecule has 0 atom stereocenters. The fourth-order valence-electron chi connectivity index (χ4n) is 2.77. The molecule has 0 unspecified atom stereocenters. The monoisotopic (exact) mass is 322 g/mol. The molecule has 0 spiro atoms. The lowest BCUT2D eigenvalue weighted by Gasteiger charge is -2.21. The minimum absolute atomic E-state index is 0.0205. The number of nitrogens with zero attached hydrogens (tertiary/aromatic N) is 2. The highest BCUT2D eigenvalue weighted by Crippen LogP contribution is 2.33. The zero-order valence-electron chi connectivity index (χ0n) is 10.6. The molecule has 0 N–H and O–H groups in total. The van der Waals surface area contributed by atoms with Gasteiger partial charge in [-0.25, -0.2) is 0 Å². The SMILES string of the molecule is O=C1CCCN1CC(=O)N1CCc2c(Br)cccc21. The molecule has 2 aliphatic heterocycles. The Morgan fingerprint density at radius 3 is 2.84 bits per heavy atom. The predicted octanol–water partition coefficient (Wildman–Crippen LogP) is 1.96. The van der Waals surface area contributed by atoms with E-state index in [0.717, 1.165) is 23.0 Å². The Morgan fingerprint density at radius 1 is 1.26 bits per heavy atom. The third kappa shape index (κ3) is 2.27. The highest BCUT2D eigenvalue weighted by atomic mass is 79.9. The van der Waals surface area contributed by atoms with Crippen LogP contribution in [0, 0.1) is 0 Å². The summed E-state index contributed by atoms with van der Waals surface area (Å²) in [5.41, 5.74) is 2.16. The van der Waals surface area contributed by atoms with Crippen molar-refractivity contribution in [3.8, 4) is 0 Å². The van der Waals surface area contributed by atoms with Crippen LogP contribution in [-0.2, 0) is 16.0 Å². The molecule has 2 heterocycles. The number of amides is 2. The lowest BCUT2D eigenvalue weighted by atomic mass is 10.2. The van der Waals surface area contributed by atoms with E-state index in [4.69, 9.17) is 0 Å². The van der Waals surface area contributed by atoms with Crippen LogP contribution in [0.25, 0.3) is 0 Å². The molecule has 0 saturated carbocycles. The topological polar surface area (TPSA) is 40.6 Å². The maximum Gasteiger partial charge on any atom is 0.246 e. The fraction of sp³-hybridized carbons (Fsp3) is 0.429. The van der Waals surface area contributed by atoms with E-state index in [-0.39, 0.29) is 18.4 Å². The van der Waals surface area contributed by atoms with Gasteiger partial charge in [-0.3, -0.25) is 9.59 Å². The Labute approximate surface area is 120 Å². The van der Waals surface area contributed by atoms with Crippen LogP contribution >= 0.6 is 15.9 Å². The molecule has 19 heavy (non-hydrogen) atoms. The number of hydrogen-bond acceptors (Lipinski definition) is 2. The lowest BCUT2D eigenvalue weighted by molar-refractivity contribution is -0.132. The summed E-state index contributed by atoms with van der Waals surface area (Å²) in [6.45, 7) is 1.63. The minimum Gasteiger partial charge on any atom is -0.333 e. The van der Waals surface area contributed by atoms with Crippen LogP contribution in [0.2, 0.25) is 0 Å². The van der Waals surface area contributed by atoms with Crippen molar-refractivity contribution in [2.24, 2.45) is 0 Å². The Morgan fingerprint density at radius 2 is 2.11 bits per heavy atom. The second-order valence-electron chi connectivity index (χ2n) is 4.95. The number of carbonyl (C=O) groups is 2. The summed E-state index contributed by atoms with van der Waals surface area (Å²) in [6.07, 6.45) is 2.32. The zero-order chi connectivity index (χ0) is 13.4. The summed E-state index contributed by atoms with van der Waals surface area (Å²) < 4.78 is 1.05. The highest BCUT2D eigenvalue weighted by Gasteiger charge is 2.29. The average molecular weight is 323 g/mol. The molecule has 4 nitrogen and oxygen atoms in total. The van der Waals surface area contributed by atoms with Crippen LogP contribution in [-0.4, -0.2) is 36.3 Å². The second-order valence-corrected chi connectivity index (χ2v) is 5.81. The number of carbonyl (C=O) groups excluding carboxylic acids is 2. The summed E-state index contributed by atoms with van der Waals surface area (Å²) in [5, 5.41) is 0. The van der Waals surface area contributed by atoms with Crippen molar-refractivity contribution in [2.75, 3.05) is 24.5 Å². The van der Waals surface area contributed by atoms with Gasteiger partial charge in [0.15, 0.2) is 0 Å². The van der Waals surface area contributed by atoms with Gasteiger partial charge in [-0.2, -0.15) is 0 Å². The zero-order valence-corrected chi connectivity index (χ0v) is 12.1. The Kier molecular flexibility index (Phi) is 3.31. The number of fused-ring (bicyclic) bond motifs is 1. The molecule has 1 aromatic rings. The summed E-state index contributed by atoms with van der Waals surface area (Å²) in [4.78, 5) is 27.4. The maximum atomic E-state index is 12.3. The van der Waals surface area contributed by atoms with Gasteiger partial charge in [-0.15, -0.1) is 0 Å². The number of halogens is 1. The first-order valence-corrected chi connectivity index (χ1v) is 7.31. The molecule has 1 saturated heterocycles. The highest BCUT2D eigenvalue weighted by molar-refractivity contribution is 9.10. The van der Waals surface area contributed by atoms with E-state index in [1.165, 1.54) is 5.56 Å². The molecule has 5 heteroatoms. The molecule has 0 radical (unpaired) electrons. The second kappa shape index (κ2) is 4.96. The van der Waals surface area contributed by atoms with E-state index in [9.17, 15) is 9.59 Å². The molecule has 100 valence electrons. The maximum absolute atomic E-state index is 12.3. The number of likely N-dealkylation sites (tertiary alicyclic amines) is 1. The first-order valence-electron chi connectivity index (χ1n) is 6.52. The summed E-state index contributed by atoms with van der Waals surface area (Å²) >= 11 is 3.52. The van der Waals surface area contributed by atoms with Crippen molar-refractivity contribution in [1.82, 2.24) is 4.90 Å². The minimum atomic E-state index is 0.0205. The van der Waals surface area contributed by atoms with E-state index in [0.29, 0.717) is 19.5 Å². The van der Waals surface area contributed by atoms with E-state index in [2.05, 4.69) is 15.9 Å². The van der Waals surface area contributed by atoms with Gasteiger partial charge in [-0.1, -0.05) is 22.0 Å². The van der Waals surface area contributed by atoms with Gasteiger partial charge >= 0.3 is 0 Å². The van der Waals surface area contributed by atoms with Gasteiger partial charge in [0.2, 0.25) is 11.8 Å². The van der Waals surface area contributed by atoms with Gasteiger partial charge < -0.3 is 9.80 Å². The Bertz CT molecular complexity index is 544. The normalized spacial score (nSPS) is 18.1. The largest absolute Gasteiger partial charge is 0.333 e. The van der Waals surface area contributed by atoms with Crippen LogP contribution in [0.3, 0.4) is 0 Å². The third-order valence-electron chi connectivity index (χ3n) is 3.77. The number of anilines is 1. The van der Waals surface area contributed by atoms with Crippen molar-refractivity contribution in [1.29, 1.82) is 0 Å². The van der Waals surface area contributed by atoms with E-state index in [1.807, 2.05) is 18.2 Å². The Hall–Kier alpha value is -1.36. The molecule has 1 aromatic carbocycles. The van der Waals surface area contributed by atoms with Crippen molar-refractivity contribution < 1.29 is 9.59 Å². The van der Waals surface area contributed by atoms with Gasteiger partial charge in [0, 0.05) is 29.7 Å². The van der Waals surface area contributed by atoms with Gasteiger partial charge in [-0.05, 0) is 30.5 Å². The van der Waals surface area contributed by atoms with Crippen molar-refractivity contribution in [3.63, 3.8) is 0 Å². The molecular formula is C14H15BrN2O2. The molecule has 2 aliphatic rings. The lowest BCUT2D eigenvalue weighted by Crippen LogP contribution is -2.40. The Balaban J connectivity index is 1.76. The van der Waals surface area contributed by atoms with Crippen LogP contribution < -0.4 is 4.90 Å². The van der Waals surface area contributed by atoms with Crippen LogP contribution in [0.4, 0.5) is 5.69 Å². The smallest absolute Gasteiger partial charge is 0.246 e. The summed E-state index contributed by atoms with van der Waals surface area (Å²) in [5.74, 6) is 0.120. The number of hydrogen-bond donors (Lipinski definition) is 0. The molecule has 0 aromatic heterocycles. The third-order valence-corrected chi connectivity index (χ3v) is 4.51. The number of benzene rings is 1. The van der Waals surface area contributed by atoms with Crippen LogP contribution in [0.5, 0.6) is 0 Å². The standard InChI is InChI=1S/C14H15BrN2O2/c15-11-3-1-4-12-10(11)6-8-17(12)14(19)9-16-7-2-5-13(16)18/h1,3-4H,2,5-9H2. The quantitative estimate of drug-likeness (QED) is 0.835. The fourth-order valence-corrected chi connectivity index (χ4v) is 3.32. The molecule has 2 amide bonds. The van der Waals surface area contributed by atoms with Crippen LogP contribution in [0.1, 0.15) is 18.4 Å². The molecule has 1 fully saturated rings. The van der Waals surface area contributed by atoms with E-state index in [1.54, 1.807) is 9.80 Å². The first kappa shape index (κ1) is 12.7.